The molecule has 0 unspecified atom stereocenters. The molecule has 3 nitrogen and oxygen atoms in total. The van der Waals surface area contributed by atoms with Crippen LogP contribution in [0.2, 0.25) is 5.02 Å². The first-order valence-electron chi connectivity index (χ1n) is 6.53. The Labute approximate surface area is 133 Å². The highest BCUT2D eigenvalue weighted by atomic mass is 35.5. The molecule has 1 N–H and O–H groups in total. The summed E-state index contributed by atoms with van der Waals surface area (Å²) in [7, 11) is 0. The minimum Gasteiger partial charge on any atom is -0.481 e. The molecule has 0 spiro atoms. The third-order valence-corrected chi connectivity index (χ3v) is 2.86. The van der Waals surface area contributed by atoms with Crippen molar-refractivity contribution < 1.29 is 13.9 Å². The molecule has 5 heteroatoms. The number of hydrogen-bond acceptors (Lipinski definition) is 2. The Kier molecular flexibility index (Phi) is 5.81. The molecule has 22 heavy (non-hydrogen) atoms. The maximum Gasteiger partial charge on any atom is 0.258 e. The maximum atomic E-state index is 13.3. The van der Waals surface area contributed by atoms with Crippen molar-refractivity contribution in [3.05, 3.63) is 64.9 Å². The third-order valence-electron chi connectivity index (χ3n) is 2.63. The molecule has 0 aromatic heterocycles. The van der Waals surface area contributed by atoms with Gasteiger partial charge >= 0.3 is 0 Å². The van der Waals surface area contributed by atoms with Gasteiger partial charge in [0.25, 0.3) is 5.91 Å². The predicted molar refractivity (Wildman–Crippen MR) is 83.2 cm³/mol. The van der Waals surface area contributed by atoms with Crippen LogP contribution in [0.1, 0.15) is 5.56 Å². The van der Waals surface area contributed by atoms with Crippen LogP contribution >= 0.6 is 11.6 Å². The van der Waals surface area contributed by atoms with Gasteiger partial charge in [0.1, 0.15) is 0 Å². The van der Waals surface area contributed by atoms with E-state index in [0.717, 1.165) is 5.56 Å². The number of carbonyl (C=O) groups is 1. The molecule has 2 aromatic carbocycles. The van der Waals surface area contributed by atoms with Gasteiger partial charge in [-0.25, -0.2) is 4.39 Å². The summed E-state index contributed by atoms with van der Waals surface area (Å²) < 4.78 is 18.4. The Morgan fingerprint density at radius 3 is 2.82 bits per heavy atom. The quantitative estimate of drug-likeness (QED) is 0.880. The van der Waals surface area contributed by atoms with Crippen molar-refractivity contribution in [2.45, 2.75) is 0 Å². The minimum atomic E-state index is -0.504. The molecule has 0 saturated heterocycles. The van der Waals surface area contributed by atoms with Gasteiger partial charge in [-0.15, -0.1) is 0 Å². The van der Waals surface area contributed by atoms with Crippen LogP contribution < -0.4 is 10.1 Å². The van der Waals surface area contributed by atoms with Gasteiger partial charge in [-0.05, 0) is 30.3 Å². The number of para-hydroxylation sites is 1. The fraction of sp³-hybridized carbons (Fsp3) is 0.118. The number of rotatable bonds is 4. The second-order valence-corrected chi connectivity index (χ2v) is 4.74. The second kappa shape index (κ2) is 8.06. The SMILES string of the molecule is O=C(COc1ccccc1F)NCC#Cc1cccc(Cl)c1. The van der Waals surface area contributed by atoms with Gasteiger partial charge in [0.2, 0.25) is 0 Å². The molecule has 2 aromatic rings. The number of halogens is 2. The summed E-state index contributed by atoms with van der Waals surface area (Å²) >= 11 is 5.84. The summed E-state index contributed by atoms with van der Waals surface area (Å²) in [5, 5.41) is 3.17. The highest BCUT2D eigenvalue weighted by Gasteiger charge is 2.04. The van der Waals surface area contributed by atoms with Gasteiger partial charge in [-0.1, -0.05) is 41.6 Å². The number of nitrogens with one attached hydrogen (secondary N) is 1. The minimum absolute atomic E-state index is 0.0441. The lowest BCUT2D eigenvalue weighted by Gasteiger charge is -2.06. The van der Waals surface area contributed by atoms with Gasteiger partial charge in [0.05, 0.1) is 6.54 Å². The number of carbonyl (C=O) groups excluding carboxylic acids is 1. The van der Waals surface area contributed by atoms with Crippen LogP contribution in [-0.4, -0.2) is 19.1 Å². The van der Waals surface area contributed by atoms with E-state index in [9.17, 15) is 9.18 Å². The Morgan fingerprint density at radius 2 is 2.05 bits per heavy atom. The first-order chi connectivity index (χ1) is 10.6. The molecule has 0 atom stereocenters. The van der Waals surface area contributed by atoms with Crippen molar-refractivity contribution in [3.63, 3.8) is 0 Å². The van der Waals surface area contributed by atoms with Crippen LogP contribution in [0.25, 0.3) is 0 Å². The topological polar surface area (TPSA) is 38.3 Å². The Morgan fingerprint density at radius 1 is 1.23 bits per heavy atom. The lowest BCUT2D eigenvalue weighted by atomic mass is 10.2. The molecule has 0 fully saturated rings. The summed E-state index contributed by atoms with van der Waals surface area (Å²) in [5.41, 5.74) is 0.768. The molecular weight excluding hydrogens is 305 g/mol. The summed E-state index contributed by atoms with van der Waals surface area (Å²) in [6, 6.07) is 13.0. The molecule has 0 aliphatic rings. The number of hydrogen-bond donors (Lipinski definition) is 1. The fourth-order valence-electron chi connectivity index (χ4n) is 1.61. The Hall–Kier alpha value is -2.51. The highest BCUT2D eigenvalue weighted by Crippen LogP contribution is 2.14. The normalized spacial score (nSPS) is 9.55. The molecule has 0 saturated carbocycles. The Bertz CT molecular complexity index is 722. The van der Waals surface area contributed by atoms with Gasteiger partial charge in [0, 0.05) is 10.6 Å². The van der Waals surface area contributed by atoms with E-state index in [4.69, 9.17) is 16.3 Å². The fourth-order valence-corrected chi connectivity index (χ4v) is 1.80. The highest BCUT2D eigenvalue weighted by molar-refractivity contribution is 6.30. The van der Waals surface area contributed by atoms with E-state index in [1.165, 1.54) is 12.1 Å². The second-order valence-electron chi connectivity index (χ2n) is 4.31. The summed E-state index contributed by atoms with van der Waals surface area (Å²) in [6.45, 7) is -0.0915. The van der Waals surface area contributed by atoms with Crippen molar-refractivity contribution in [1.82, 2.24) is 5.32 Å². The molecule has 0 aliphatic carbocycles. The maximum absolute atomic E-state index is 13.3. The third kappa shape index (κ3) is 5.12. The lowest BCUT2D eigenvalue weighted by Crippen LogP contribution is -2.29. The van der Waals surface area contributed by atoms with Crippen LogP contribution in [0.5, 0.6) is 5.75 Å². The summed E-state index contributed by atoms with van der Waals surface area (Å²) in [6.07, 6.45) is 0. The average Bonchev–Trinajstić information content (AvgIpc) is 2.51. The molecular formula is C17H13ClFNO2. The standard InChI is InChI=1S/C17H13ClFNO2/c18-14-7-3-5-13(11-14)6-4-10-20-17(21)12-22-16-9-2-1-8-15(16)19/h1-3,5,7-9,11H,10,12H2,(H,20,21). The van der Waals surface area contributed by atoms with Gasteiger partial charge in [-0.3, -0.25) is 4.79 Å². The van der Waals surface area contributed by atoms with Gasteiger partial charge in [-0.2, -0.15) is 0 Å². The number of benzene rings is 2. The average molecular weight is 318 g/mol. The summed E-state index contributed by atoms with van der Waals surface area (Å²) in [4.78, 5) is 11.5. The molecule has 112 valence electrons. The van der Waals surface area contributed by atoms with Gasteiger partial charge < -0.3 is 10.1 Å². The molecule has 0 radical (unpaired) electrons. The van der Waals surface area contributed by atoms with Crippen molar-refractivity contribution in [2.75, 3.05) is 13.2 Å². The van der Waals surface area contributed by atoms with E-state index in [1.807, 2.05) is 6.07 Å². The number of amides is 1. The summed E-state index contributed by atoms with van der Waals surface area (Å²) in [5.74, 6) is 4.84. The van der Waals surface area contributed by atoms with Crippen molar-refractivity contribution in [3.8, 4) is 17.6 Å². The van der Waals surface area contributed by atoms with Gasteiger partial charge in [0.15, 0.2) is 18.2 Å². The van der Waals surface area contributed by atoms with Crippen molar-refractivity contribution in [2.24, 2.45) is 0 Å². The molecule has 2 rings (SSSR count). The van der Waals surface area contributed by atoms with E-state index < -0.39 is 5.82 Å². The zero-order valence-electron chi connectivity index (χ0n) is 11.6. The largest absolute Gasteiger partial charge is 0.481 e. The first kappa shape index (κ1) is 15.9. The molecule has 1 amide bonds. The van der Waals surface area contributed by atoms with E-state index in [1.54, 1.807) is 30.3 Å². The lowest BCUT2D eigenvalue weighted by molar-refractivity contribution is -0.122. The van der Waals surface area contributed by atoms with E-state index in [-0.39, 0.29) is 24.8 Å². The van der Waals surface area contributed by atoms with E-state index in [2.05, 4.69) is 17.2 Å². The number of ether oxygens (including phenoxy) is 1. The van der Waals surface area contributed by atoms with Crippen molar-refractivity contribution >= 4 is 17.5 Å². The van der Waals surface area contributed by atoms with Crippen LogP contribution in [0, 0.1) is 17.7 Å². The Balaban J connectivity index is 1.76. The zero-order valence-corrected chi connectivity index (χ0v) is 12.4. The van der Waals surface area contributed by atoms with Crippen LogP contribution in [-0.2, 0) is 4.79 Å². The smallest absolute Gasteiger partial charge is 0.258 e. The van der Waals surface area contributed by atoms with E-state index in [0.29, 0.717) is 5.02 Å². The predicted octanol–water partition coefficient (Wildman–Crippen LogP) is 3.03. The molecule has 0 aliphatic heterocycles. The van der Waals surface area contributed by atoms with Crippen LogP contribution in [0.4, 0.5) is 4.39 Å². The van der Waals surface area contributed by atoms with Crippen LogP contribution in [0.3, 0.4) is 0 Å². The molecule has 0 heterocycles. The first-order valence-corrected chi connectivity index (χ1v) is 6.91. The zero-order chi connectivity index (χ0) is 15.8. The van der Waals surface area contributed by atoms with Crippen molar-refractivity contribution in [1.29, 1.82) is 0 Å². The van der Waals surface area contributed by atoms with E-state index >= 15 is 0 Å². The van der Waals surface area contributed by atoms with Crippen LogP contribution in [0.15, 0.2) is 48.5 Å². The molecule has 0 bridgehead atoms. The monoisotopic (exact) mass is 317 g/mol.